The maximum atomic E-state index is 12.7. The fourth-order valence-corrected chi connectivity index (χ4v) is 6.38. The lowest BCUT2D eigenvalue weighted by atomic mass is 9.99. The van der Waals surface area contributed by atoms with Gasteiger partial charge in [-0.1, -0.05) is 143 Å². The van der Waals surface area contributed by atoms with E-state index in [0.717, 1.165) is 129 Å². The molecule has 0 saturated carbocycles. The third kappa shape index (κ3) is 31.4. The SMILES string of the molecule is CCCCC/C=C\COC(=O)C(C)CCCCCCCC(CCCCCCCC(C)C(=O)OC/C=C\CCCCC)OC(=O)CCCN(CC)CC. The highest BCUT2D eigenvalue weighted by Crippen LogP contribution is 2.20. The van der Waals surface area contributed by atoms with Crippen molar-refractivity contribution in [1.82, 2.24) is 4.90 Å². The Morgan fingerprint density at radius 2 is 0.942 bits per heavy atom. The van der Waals surface area contributed by atoms with Gasteiger partial charge in [-0.2, -0.15) is 0 Å². The first-order valence-electron chi connectivity index (χ1n) is 21.8. The molecule has 52 heavy (non-hydrogen) atoms. The van der Waals surface area contributed by atoms with Crippen LogP contribution in [0.25, 0.3) is 0 Å². The summed E-state index contributed by atoms with van der Waals surface area (Å²) in [5.41, 5.74) is 0. The van der Waals surface area contributed by atoms with Crippen molar-refractivity contribution < 1.29 is 28.6 Å². The van der Waals surface area contributed by atoms with Crippen molar-refractivity contribution in [3.63, 3.8) is 0 Å². The molecular weight excluding hydrogens is 650 g/mol. The first kappa shape index (κ1) is 49.9. The first-order chi connectivity index (χ1) is 25.3. The molecule has 0 N–H and O–H groups in total. The second-order valence-electron chi connectivity index (χ2n) is 14.9. The minimum Gasteiger partial charge on any atom is -0.462 e. The van der Waals surface area contributed by atoms with E-state index in [1.165, 1.54) is 38.5 Å². The van der Waals surface area contributed by atoms with Crippen LogP contribution >= 0.6 is 0 Å². The highest BCUT2D eigenvalue weighted by atomic mass is 16.5. The second-order valence-corrected chi connectivity index (χ2v) is 14.9. The summed E-state index contributed by atoms with van der Waals surface area (Å²) in [5, 5.41) is 0. The summed E-state index contributed by atoms with van der Waals surface area (Å²) in [6, 6.07) is 0. The molecule has 0 aliphatic carbocycles. The normalized spacial score (nSPS) is 13.5. The van der Waals surface area contributed by atoms with Crippen LogP contribution < -0.4 is 0 Å². The Bertz CT molecular complexity index is 842. The largest absolute Gasteiger partial charge is 0.462 e. The van der Waals surface area contributed by atoms with Crippen molar-refractivity contribution in [3.05, 3.63) is 24.3 Å². The fourth-order valence-electron chi connectivity index (χ4n) is 6.38. The van der Waals surface area contributed by atoms with Gasteiger partial charge >= 0.3 is 17.9 Å². The Hall–Kier alpha value is -2.15. The number of rotatable bonds is 37. The molecule has 0 aliphatic rings. The maximum Gasteiger partial charge on any atom is 0.308 e. The minimum absolute atomic E-state index is 0.00747. The maximum absolute atomic E-state index is 12.7. The van der Waals surface area contributed by atoms with E-state index >= 15 is 0 Å². The molecule has 0 heterocycles. The first-order valence-corrected chi connectivity index (χ1v) is 21.8. The lowest BCUT2D eigenvalue weighted by Crippen LogP contribution is -2.25. The van der Waals surface area contributed by atoms with E-state index < -0.39 is 0 Å². The molecule has 0 radical (unpaired) electrons. The average Bonchev–Trinajstić information content (AvgIpc) is 3.14. The summed E-state index contributed by atoms with van der Waals surface area (Å²) in [6.07, 6.45) is 33.4. The molecule has 0 saturated heterocycles. The van der Waals surface area contributed by atoms with Gasteiger partial charge in [-0.15, -0.1) is 0 Å². The molecule has 0 aromatic heterocycles. The summed E-state index contributed by atoms with van der Waals surface area (Å²) in [7, 11) is 0. The van der Waals surface area contributed by atoms with Crippen LogP contribution in [0.1, 0.15) is 196 Å². The smallest absolute Gasteiger partial charge is 0.308 e. The van der Waals surface area contributed by atoms with Gasteiger partial charge in [0.25, 0.3) is 0 Å². The number of hydrogen-bond acceptors (Lipinski definition) is 7. The molecule has 0 aromatic carbocycles. The van der Waals surface area contributed by atoms with E-state index in [2.05, 4.69) is 44.7 Å². The highest BCUT2D eigenvalue weighted by molar-refractivity contribution is 5.72. The molecule has 0 aromatic rings. The molecule has 0 bridgehead atoms. The Balaban J connectivity index is 4.37. The van der Waals surface area contributed by atoms with Gasteiger partial charge in [0, 0.05) is 6.42 Å². The van der Waals surface area contributed by atoms with Gasteiger partial charge in [-0.05, 0) is 90.3 Å². The van der Waals surface area contributed by atoms with Gasteiger partial charge in [0.2, 0.25) is 0 Å². The van der Waals surface area contributed by atoms with Gasteiger partial charge in [-0.25, -0.2) is 0 Å². The van der Waals surface area contributed by atoms with Crippen LogP contribution in [-0.4, -0.2) is 61.8 Å². The Morgan fingerprint density at radius 3 is 1.37 bits per heavy atom. The average molecular weight is 734 g/mol. The van der Waals surface area contributed by atoms with Crippen LogP contribution in [0.4, 0.5) is 0 Å². The summed E-state index contributed by atoms with van der Waals surface area (Å²) in [6.45, 7) is 16.4. The zero-order valence-corrected chi connectivity index (χ0v) is 34.9. The number of carbonyl (C=O) groups is 3. The molecule has 0 spiro atoms. The topological polar surface area (TPSA) is 82.1 Å². The molecule has 7 nitrogen and oxygen atoms in total. The van der Waals surface area contributed by atoms with E-state index in [9.17, 15) is 14.4 Å². The fraction of sp³-hybridized carbons (Fsp3) is 0.844. The quantitative estimate of drug-likeness (QED) is 0.0272. The van der Waals surface area contributed by atoms with Crippen LogP contribution in [0.15, 0.2) is 24.3 Å². The summed E-state index contributed by atoms with van der Waals surface area (Å²) in [5.74, 6) is -0.359. The third-order valence-electron chi connectivity index (χ3n) is 10.1. The lowest BCUT2D eigenvalue weighted by molar-refractivity contribution is -0.150. The molecule has 0 aliphatic heterocycles. The molecule has 0 rings (SSSR count). The van der Waals surface area contributed by atoms with Crippen molar-refractivity contribution in [3.8, 4) is 0 Å². The van der Waals surface area contributed by atoms with Crippen LogP contribution in [-0.2, 0) is 28.6 Å². The van der Waals surface area contributed by atoms with Gasteiger partial charge in [0.15, 0.2) is 0 Å². The van der Waals surface area contributed by atoms with Gasteiger partial charge in [0.05, 0.1) is 11.8 Å². The van der Waals surface area contributed by atoms with Crippen molar-refractivity contribution in [2.24, 2.45) is 11.8 Å². The number of esters is 3. The summed E-state index contributed by atoms with van der Waals surface area (Å²) in [4.78, 5) is 39.7. The standard InChI is InChI=1S/C45H83NO6/c1-7-11-13-15-23-29-38-50-44(48)40(5)32-25-19-17-21-27-34-42(52-43(47)36-31-37-46(9-3)10-4)35-28-22-18-20-26-33-41(6)45(49)51-39-30-24-16-14-12-8-2/h23-24,29-30,40-42H,7-22,25-28,31-39H2,1-6H3/b29-23-,30-24-. The van der Waals surface area contributed by atoms with Crippen molar-refractivity contribution in [2.75, 3.05) is 32.8 Å². The Morgan fingerprint density at radius 1 is 0.519 bits per heavy atom. The molecule has 304 valence electrons. The van der Waals surface area contributed by atoms with E-state index in [-0.39, 0.29) is 35.8 Å². The van der Waals surface area contributed by atoms with Crippen molar-refractivity contribution in [2.45, 2.75) is 202 Å². The molecule has 0 amide bonds. The van der Waals surface area contributed by atoms with Crippen LogP contribution in [0.5, 0.6) is 0 Å². The molecular formula is C45H83NO6. The van der Waals surface area contributed by atoms with E-state index in [4.69, 9.17) is 14.2 Å². The van der Waals surface area contributed by atoms with Crippen molar-refractivity contribution >= 4 is 17.9 Å². The number of unbranched alkanes of at least 4 members (excludes halogenated alkanes) is 14. The van der Waals surface area contributed by atoms with E-state index in [1.54, 1.807) is 0 Å². The zero-order chi connectivity index (χ0) is 38.5. The number of allylic oxidation sites excluding steroid dienone is 2. The third-order valence-corrected chi connectivity index (χ3v) is 10.1. The van der Waals surface area contributed by atoms with Gasteiger partial charge < -0.3 is 19.1 Å². The molecule has 7 heteroatoms. The van der Waals surface area contributed by atoms with Gasteiger partial charge in [-0.3, -0.25) is 14.4 Å². The number of ether oxygens (including phenoxy) is 3. The molecule has 0 fully saturated rings. The van der Waals surface area contributed by atoms with E-state index in [1.807, 2.05) is 26.0 Å². The zero-order valence-electron chi connectivity index (χ0n) is 34.9. The monoisotopic (exact) mass is 734 g/mol. The van der Waals surface area contributed by atoms with E-state index in [0.29, 0.717) is 19.6 Å². The lowest BCUT2D eigenvalue weighted by Gasteiger charge is -2.20. The number of nitrogens with zero attached hydrogens (tertiary/aromatic N) is 1. The highest BCUT2D eigenvalue weighted by Gasteiger charge is 2.16. The predicted molar refractivity (Wildman–Crippen MR) is 218 cm³/mol. The van der Waals surface area contributed by atoms with Crippen LogP contribution in [0.2, 0.25) is 0 Å². The summed E-state index contributed by atoms with van der Waals surface area (Å²) < 4.78 is 16.9. The molecule has 2 unspecified atom stereocenters. The summed E-state index contributed by atoms with van der Waals surface area (Å²) >= 11 is 0. The molecule has 2 atom stereocenters. The van der Waals surface area contributed by atoms with Crippen LogP contribution in [0.3, 0.4) is 0 Å². The van der Waals surface area contributed by atoms with Crippen LogP contribution in [0, 0.1) is 11.8 Å². The number of carbonyl (C=O) groups excluding carboxylic acids is 3. The number of hydrogen-bond donors (Lipinski definition) is 0. The van der Waals surface area contributed by atoms with Gasteiger partial charge in [0.1, 0.15) is 19.3 Å². The second kappa shape index (κ2) is 37.2. The van der Waals surface area contributed by atoms with Crippen molar-refractivity contribution in [1.29, 1.82) is 0 Å². The Labute approximate surface area is 321 Å². The predicted octanol–water partition coefficient (Wildman–Crippen LogP) is 12.1. The Kier molecular flexibility index (Phi) is 35.6. The minimum atomic E-state index is -0.0915.